The van der Waals surface area contributed by atoms with E-state index in [-0.39, 0.29) is 36.6 Å². The van der Waals surface area contributed by atoms with Crippen molar-refractivity contribution in [3.8, 4) is 11.1 Å². The Bertz CT molecular complexity index is 1300. The molecule has 1 unspecified atom stereocenters. The van der Waals surface area contributed by atoms with Crippen LogP contribution in [0.1, 0.15) is 31.2 Å². The van der Waals surface area contributed by atoms with E-state index in [1.165, 1.54) is 4.90 Å². The summed E-state index contributed by atoms with van der Waals surface area (Å²) >= 11 is 0. The number of amides is 3. The first kappa shape index (κ1) is 23.3. The number of nitrogens with zero attached hydrogens (tertiary/aromatic N) is 5. The van der Waals surface area contributed by atoms with Crippen molar-refractivity contribution in [3.05, 3.63) is 78.6 Å². The molecule has 3 aliphatic rings. The lowest BCUT2D eigenvalue weighted by Crippen LogP contribution is -2.51. The van der Waals surface area contributed by atoms with Gasteiger partial charge in [-0.15, -0.1) is 0 Å². The van der Waals surface area contributed by atoms with E-state index in [1.54, 1.807) is 23.4 Å². The van der Waals surface area contributed by atoms with Crippen LogP contribution in [0.2, 0.25) is 0 Å². The second kappa shape index (κ2) is 9.42. The lowest BCUT2D eigenvalue weighted by Gasteiger charge is -2.36. The van der Waals surface area contributed by atoms with E-state index in [4.69, 9.17) is 0 Å². The molecule has 1 saturated carbocycles. The highest BCUT2D eigenvalue weighted by Crippen LogP contribution is 2.45. The summed E-state index contributed by atoms with van der Waals surface area (Å²) in [6.07, 6.45) is 5.14. The van der Waals surface area contributed by atoms with Crippen LogP contribution < -0.4 is 4.90 Å². The molecule has 8 heteroatoms. The molecule has 3 heterocycles. The number of piperazine rings is 1. The third-order valence-electron chi connectivity index (χ3n) is 7.73. The molecule has 3 amide bonds. The van der Waals surface area contributed by atoms with Crippen molar-refractivity contribution in [2.75, 3.05) is 31.1 Å². The Labute approximate surface area is 215 Å². The first-order valence-corrected chi connectivity index (χ1v) is 12.9. The van der Waals surface area contributed by atoms with Crippen LogP contribution in [0.15, 0.2) is 73.1 Å². The van der Waals surface area contributed by atoms with E-state index < -0.39 is 5.41 Å². The summed E-state index contributed by atoms with van der Waals surface area (Å²) in [7, 11) is 0. The summed E-state index contributed by atoms with van der Waals surface area (Å²) in [6.45, 7) is 2.29. The van der Waals surface area contributed by atoms with E-state index in [1.807, 2.05) is 54.6 Å². The summed E-state index contributed by atoms with van der Waals surface area (Å²) in [4.78, 5) is 54.4. The molecule has 1 atom stereocenters. The molecule has 2 aliphatic heterocycles. The molecule has 2 saturated heterocycles. The van der Waals surface area contributed by atoms with Gasteiger partial charge in [0.15, 0.2) is 0 Å². The Hall–Kier alpha value is -4.07. The van der Waals surface area contributed by atoms with E-state index in [2.05, 4.69) is 14.9 Å². The number of aromatic nitrogens is 2. The maximum Gasteiger partial charge on any atom is 0.241 e. The smallest absolute Gasteiger partial charge is 0.241 e. The van der Waals surface area contributed by atoms with Gasteiger partial charge in [0.05, 0.1) is 5.41 Å². The van der Waals surface area contributed by atoms with Gasteiger partial charge in [-0.3, -0.25) is 19.3 Å². The van der Waals surface area contributed by atoms with Crippen LogP contribution in [0.5, 0.6) is 0 Å². The van der Waals surface area contributed by atoms with E-state index >= 15 is 0 Å². The SMILES string of the molecule is O=C(CC1(c2ccc(-c3ccccc3)cc2)CC(=O)N(C2CC2)C1=O)N1CCN(c2ncccn2)CC1. The Morgan fingerprint density at radius 1 is 0.838 bits per heavy atom. The summed E-state index contributed by atoms with van der Waals surface area (Å²) in [5, 5.41) is 0. The van der Waals surface area contributed by atoms with Gasteiger partial charge in [0.25, 0.3) is 0 Å². The Morgan fingerprint density at radius 3 is 2.14 bits per heavy atom. The highest BCUT2D eigenvalue weighted by molar-refractivity contribution is 6.11. The molecule has 37 heavy (non-hydrogen) atoms. The van der Waals surface area contributed by atoms with Crippen LogP contribution >= 0.6 is 0 Å². The highest BCUT2D eigenvalue weighted by Gasteiger charge is 2.57. The maximum absolute atomic E-state index is 13.8. The molecular formula is C29H29N5O3. The predicted octanol–water partition coefficient (Wildman–Crippen LogP) is 3.04. The fraction of sp³-hybridized carbons (Fsp3) is 0.345. The molecule has 1 aromatic heterocycles. The molecule has 0 bridgehead atoms. The molecule has 3 fully saturated rings. The minimum Gasteiger partial charge on any atom is -0.339 e. The summed E-state index contributed by atoms with van der Waals surface area (Å²) in [5.74, 6) is 0.163. The standard InChI is InChI=1S/C29H29N5O3/c35-25(32-15-17-33(18-16-32)28-30-13-4-14-31-28)19-29(20-26(36)34(27(29)37)24-11-12-24)23-9-7-22(8-10-23)21-5-2-1-3-6-21/h1-10,13-14,24H,11-12,15-20H2. The molecule has 1 aliphatic carbocycles. The average Bonchev–Trinajstić information content (AvgIpc) is 3.75. The summed E-state index contributed by atoms with van der Waals surface area (Å²) in [5.41, 5.74) is 1.68. The second-order valence-electron chi connectivity index (χ2n) is 10.1. The van der Waals surface area contributed by atoms with Crippen molar-refractivity contribution in [2.24, 2.45) is 0 Å². The van der Waals surface area contributed by atoms with Gasteiger partial charge in [-0.2, -0.15) is 0 Å². The monoisotopic (exact) mass is 495 g/mol. The molecule has 188 valence electrons. The van der Waals surface area contributed by atoms with Gasteiger partial charge in [0, 0.05) is 57.5 Å². The lowest BCUT2D eigenvalue weighted by atomic mass is 9.75. The van der Waals surface area contributed by atoms with Crippen molar-refractivity contribution in [2.45, 2.75) is 37.1 Å². The van der Waals surface area contributed by atoms with E-state index in [9.17, 15) is 14.4 Å². The van der Waals surface area contributed by atoms with Crippen LogP contribution in [0.25, 0.3) is 11.1 Å². The van der Waals surface area contributed by atoms with Gasteiger partial charge in [-0.1, -0.05) is 54.6 Å². The molecule has 8 nitrogen and oxygen atoms in total. The number of likely N-dealkylation sites (tertiary alicyclic amines) is 1. The highest BCUT2D eigenvalue weighted by atomic mass is 16.2. The van der Waals surface area contributed by atoms with Crippen molar-refractivity contribution in [3.63, 3.8) is 0 Å². The van der Waals surface area contributed by atoms with Crippen molar-refractivity contribution in [1.29, 1.82) is 0 Å². The molecular weight excluding hydrogens is 466 g/mol. The van der Waals surface area contributed by atoms with Gasteiger partial charge in [0.1, 0.15) is 0 Å². The summed E-state index contributed by atoms with van der Waals surface area (Å²) < 4.78 is 0. The number of carbonyl (C=O) groups excluding carboxylic acids is 3. The summed E-state index contributed by atoms with van der Waals surface area (Å²) in [6, 6.07) is 19.6. The van der Waals surface area contributed by atoms with Crippen LogP contribution in [0.3, 0.4) is 0 Å². The lowest BCUT2D eigenvalue weighted by molar-refractivity contribution is -0.143. The normalized spacial score (nSPS) is 22.0. The maximum atomic E-state index is 13.8. The second-order valence-corrected chi connectivity index (χ2v) is 10.1. The van der Waals surface area contributed by atoms with Gasteiger partial charge >= 0.3 is 0 Å². The van der Waals surface area contributed by atoms with Crippen molar-refractivity contribution >= 4 is 23.7 Å². The van der Waals surface area contributed by atoms with Crippen LogP contribution in [0, 0.1) is 0 Å². The van der Waals surface area contributed by atoms with Gasteiger partial charge in [0.2, 0.25) is 23.7 Å². The van der Waals surface area contributed by atoms with E-state index in [0.29, 0.717) is 32.1 Å². The third-order valence-corrected chi connectivity index (χ3v) is 7.73. The predicted molar refractivity (Wildman–Crippen MR) is 138 cm³/mol. The zero-order valence-corrected chi connectivity index (χ0v) is 20.6. The number of hydrogen-bond acceptors (Lipinski definition) is 6. The van der Waals surface area contributed by atoms with Gasteiger partial charge in [-0.05, 0) is 35.6 Å². The van der Waals surface area contributed by atoms with Crippen LogP contribution in [-0.2, 0) is 19.8 Å². The zero-order valence-electron chi connectivity index (χ0n) is 20.6. The number of imide groups is 1. The molecule has 0 N–H and O–H groups in total. The van der Waals surface area contributed by atoms with Crippen LogP contribution in [-0.4, -0.2) is 69.7 Å². The third kappa shape index (κ3) is 4.37. The number of rotatable bonds is 6. The van der Waals surface area contributed by atoms with Gasteiger partial charge in [-0.25, -0.2) is 9.97 Å². The van der Waals surface area contributed by atoms with E-state index in [0.717, 1.165) is 29.5 Å². The fourth-order valence-electron chi connectivity index (χ4n) is 5.52. The Kier molecular flexibility index (Phi) is 5.94. The minimum atomic E-state index is -1.16. The first-order chi connectivity index (χ1) is 18.0. The molecule has 6 rings (SSSR count). The Balaban J connectivity index is 1.25. The fourth-order valence-corrected chi connectivity index (χ4v) is 5.52. The number of anilines is 1. The number of hydrogen-bond donors (Lipinski definition) is 0. The quantitative estimate of drug-likeness (QED) is 0.489. The molecule has 3 aromatic rings. The first-order valence-electron chi connectivity index (χ1n) is 12.9. The molecule has 2 aromatic carbocycles. The average molecular weight is 496 g/mol. The Morgan fingerprint density at radius 2 is 1.49 bits per heavy atom. The largest absolute Gasteiger partial charge is 0.339 e. The number of benzene rings is 2. The van der Waals surface area contributed by atoms with Crippen molar-refractivity contribution < 1.29 is 14.4 Å². The zero-order chi connectivity index (χ0) is 25.4. The van der Waals surface area contributed by atoms with Gasteiger partial charge < -0.3 is 9.80 Å². The topological polar surface area (TPSA) is 86.7 Å². The van der Waals surface area contributed by atoms with Crippen LogP contribution in [0.4, 0.5) is 5.95 Å². The van der Waals surface area contributed by atoms with Crippen molar-refractivity contribution in [1.82, 2.24) is 19.8 Å². The molecule has 0 radical (unpaired) electrons. The number of carbonyl (C=O) groups is 3. The molecule has 0 spiro atoms. The minimum absolute atomic E-state index is 0.00663.